The van der Waals surface area contributed by atoms with Crippen LogP contribution in [0.5, 0.6) is 0 Å². The molecule has 8 heteroatoms. The van der Waals surface area contributed by atoms with Crippen LogP contribution in [-0.2, 0) is 0 Å². The Labute approximate surface area is 109 Å². The molecule has 0 bridgehead atoms. The molecule has 1 aromatic carbocycles. The molecule has 104 valence electrons. The molecule has 0 spiro atoms. The number of anilines is 1. The van der Waals surface area contributed by atoms with Crippen molar-refractivity contribution in [2.75, 3.05) is 12.0 Å². The molecular formula is C11H15FN4O3. The van der Waals surface area contributed by atoms with Crippen molar-refractivity contribution < 1.29 is 14.1 Å². The average molecular weight is 270 g/mol. The third kappa shape index (κ3) is 3.62. The fourth-order valence-electron chi connectivity index (χ4n) is 1.40. The number of amides is 1. The molecule has 0 unspecified atom stereocenters. The number of hydrogen-bond donors (Lipinski definition) is 3. The summed E-state index contributed by atoms with van der Waals surface area (Å²) in [5.74, 6) is 3.73. The highest BCUT2D eigenvalue weighted by Crippen LogP contribution is 2.25. The predicted octanol–water partition coefficient (Wildman–Crippen LogP) is 1.41. The molecule has 0 atom stereocenters. The van der Waals surface area contributed by atoms with E-state index in [0.717, 1.165) is 6.07 Å². The number of nitrogens with zero attached hydrogens (tertiary/aromatic N) is 1. The maximum atomic E-state index is 13.4. The molecular weight excluding hydrogens is 255 g/mol. The lowest BCUT2D eigenvalue weighted by Gasteiger charge is -2.10. The summed E-state index contributed by atoms with van der Waals surface area (Å²) in [4.78, 5) is 21.9. The second-order valence-electron chi connectivity index (χ2n) is 4.35. The zero-order valence-corrected chi connectivity index (χ0v) is 10.6. The highest BCUT2D eigenvalue weighted by atomic mass is 19.1. The van der Waals surface area contributed by atoms with Gasteiger partial charge in [-0.25, -0.2) is 4.39 Å². The Morgan fingerprint density at radius 1 is 1.53 bits per heavy atom. The molecule has 1 rings (SSSR count). The Balaban J connectivity index is 3.16. The number of benzene rings is 1. The number of halogens is 1. The van der Waals surface area contributed by atoms with E-state index in [-0.39, 0.29) is 17.2 Å². The van der Waals surface area contributed by atoms with Gasteiger partial charge < -0.3 is 10.7 Å². The first-order chi connectivity index (χ1) is 8.86. The van der Waals surface area contributed by atoms with E-state index in [4.69, 9.17) is 5.84 Å². The maximum absolute atomic E-state index is 13.4. The normalized spacial score (nSPS) is 10.4. The van der Waals surface area contributed by atoms with Gasteiger partial charge >= 0.3 is 0 Å². The minimum absolute atomic E-state index is 0.180. The van der Waals surface area contributed by atoms with Crippen LogP contribution < -0.4 is 16.6 Å². The Bertz CT molecular complexity index is 505. The second kappa shape index (κ2) is 6.10. The molecule has 0 fully saturated rings. The highest BCUT2D eigenvalue weighted by Gasteiger charge is 2.23. The van der Waals surface area contributed by atoms with Gasteiger partial charge in [0.1, 0.15) is 5.56 Å². The molecule has 1 amide bonds. The fraction of sp³-hybridized carbons (Fsp3) is 0.364. The van der Waals surface area contributed by atoms with E-state index in [1.165, 1.54) is 0 Å². The third-order valence-corrected chi connectivity index (χ3v) is 2.35. The van der Waals surface area contributed by atoms with E-state index >= 15 is 0 Å². The van der Waals surface area contributed by atoms with Crippen molar-refractivity contribution in [3.05, 3.63) is 33.6 Å². The fourth-order valence-corrected chi connectivity index (χ4v) is 1.40. The van der Waals surface area contributed by atoms with Crippen LogP contribution in [0.25, 0.3) is 0 Å². The van der Waals surface area contributed by atoms with Gasteiger partial charge in [-0.1, -0.05) is 13.8 Å². The van der Waals surface area contributed by atoms with Gasteiger partial charge in [-0.2, -0.15) is 0 Å². The van der Waals surface area contributed by atoms with Crippen LogP contribution >= 0.6 is 0 Å². The summed E-state index contributed by atoms with van der Waals surface area (Å²) < 4.78 is 13.4. The maximum Gasteiger partial charge on any atom is 0.285 e. The Morgan fingerprint density at radius 2 is 2.16 bits per heavy atom. The minimum Gasteiger partial charge on any atom is -0.352 e. The van der Waals surface area contributed by atoms with Gasteiger partial charge in [0, 0.05) is 6.54 Å². The summed E-state index contributed by atoms with van der Waals surface area (Å²) in [7, 11) is 0. The standard InChI is InChI=1S/C11H15FN4O3/c1-6(2)5-14-11(17)7-3-9(15-13)8(12)4-10(7)16(18)19/h3-4,6,15H,5,13H2,1-2H3,(H,14,17). The third-order valence-electron chi connectivity index (χ3n) is 2.35. The molecule has 4 N–H and O–H groups in total. The molecule has 7 nitrogen and oxygen atoms in total. The number of hydrogen-bond acceptors (Lipinski definition) is 5. The molecule has 0 aliphatic heterocycles. The van der Waals surface area contributed by atoms with Gasteiger partial charge in [0.2, 0.25) is 0 Å². The summed E-state index contributed by atoms with van der Waals surface area (Å²) in [6.45, 7) is 4.12. The van der Waals surface area contributed by atoms with E-state index in [0.29, 0.717) is 12.6 Å². The first-order valence-corrected chi connectivity index (χ1v) is 5.59. The predicted molar refractivity (Wildman–Crippen MR) is 68.0 cm³/mol. The average Bonchev–Trinajstić information content (AvgIpc) is 2.35. The molecule has 0 aliphatic rings. The van der Waals surface area contributed by atoms with Crippen molar-refractivity contribution in [3.8, 4) is 0 Å². The SMILES string of the molecule is CC(C)CNC(=O)c1cc(NN)c(F)cc1[N+](=O)[O-]. The number of nitro benzene ring substituents is 1. The smallest absolute Gasteiger partial charge is 0.285 e. The monoisotopic (exact) mass is 270 g/mol. The van der Waals surface area contributed by atoms with Crippen molar-refractivity contribution in [3.63, 3.8) is 0 Å². The lowest BCUT2D eigenvalue weighted by atomic mass is 10.1. The lowest BCUT2D eigenvalue weighted by Crippen LogP contribution is -2.28. The van der Waals surface area contributed by atoms with Gasteiger partial charge in [-0.3, -0.25) is 20.8 Å². The Hall–Kier alpha value is -2.22. The second-order valence-corrected chi connectivity index (χ2v) is 4.35. The zero-order chi connectivity index (χ0) is 14.6. The van der Waals surface area contributed by atoms with Gasteiger partial charge in [0.25, 0.3) is 11.6 Å². The van der Waals surface area contributed by atoms with E-state index in [2.05, 4.69) is 5.32 Å². The van der Waals surface area contributed by atoms with Crippen LogP contribution in [0.4, 0.5) is 15.8 Å². The molecule has 0 aromatic heterocycles. The topological polar surface area (TPSA) is 110 Å². The van der Waals surface area contributed by atoms with E-state index in [1.54, 1.807) is 0 Å². The molecule has 1 aromatic rings. The van der Waals surface area contributed by atoms with Crippen molar-refractivity contribution >= 4 is 17.3 Å². The number of nitrogens with one attached hydrogen (secondary N) is 2. The van der Waals surface area contributed by atoms with Crippen LogP contribution in [0.2, 0.25) is 0 Å². The summed E-state index contributed by atoms with van der Waals surface area (Å²) in [6, 6.07) is 1.68. The number of nitrogens with two attached hydrogens (primary N) is 1. The summed E-state index contributed by atoms with van der Waals surface area (Å²) in [6.07, 6.45) is 0. The Kier molecular flexibility index (Phi) is 4.76. The summed E-state index contributed by atoms with van der Waals surface area (Å²) in [5.41, 5.74) is 1.03. The molecule has 0 heterocycles. The van der Waals surface area contributed by atoms with Crippen LogP contribution in [0.3, 0.4) is 0 Å². The quantitative estimate of drug-likeness (QED) is 0.425. The molecule has 0 saturated carbocycles. The number of nitrogen functional groups attached to an aromatic ring is 1. The molecule has 0 aliphatic carbocycles. The van der Waals surface area contributed by atoms with Crippen LogP contribution in [-0.4, -0.2) is 17.4 Å². The van der Waals surface area contributed by atoms with Crippen molar-refractivity contribution in [2.24, 2.45) is 11.8 Å². The van der Waals surface area contributed by atoms with E-state index in [1.807, 2.05) is 19.3 Å². The van der Waals surface area contributed by atoms with Gasteiger partial charge in [0.05, 0.1) is 16.7 Å². The first kappa shape index (κ1) is 14.8. The first-order valence-electron chi connectivity index (χ1n) is 5.59. The van der Waals surface area contributed by atoms with E-state index in [9.17, 15) is 19.3 Å². The van der Waals surface area contributed by atoms with Crippen LogP contribution in [0, 0.1) is 21.8 Å². The number of rotatable bonds is 5. The highest BCUT2D eigenvalue weighted by molar-refractivity contribution is 5.99. The van der Waals surface area contributed by atoms with Crippen molar-refractivity contribution in [1.29, 1.82) is 0 Å². The number of hydrazine groups is 1. The van der Waals surface area contributed by atoms with Gasteiger partial charge in [-0.05, 0) is 12.0 Å². The number of carbonyl (C=O) groups is 1. The zero-order valence-electron chi connectivity index (χ0n) is 10.6. The van der Waals surface area contributed by atoms with E-state index < -0.39 is 22.3 Å². The summed E-state index contributed by atoms with van der Waals surface area (Å²) >= 11 is 0. The van der Waals surface area contributed by atoms with Crippen LogP contribution in [0.1, 0.15) is 24.2 Å². The molecule has 0 saturated heterocycles. The Morgan fingerprint density at radius 3 is 2.63 bits per heavy atom. The van der Waals surface area contributed by atoms with Crippen molar-refractivity contribution in [2.45, 2.75) is 13.8 Å². The summed E-state index contributed by atoms with van der Waals surface area (Å²) in [5, 5.41) is 13.4. The largest absolute Gasteiger partial charge is 0.352 e. The lowest BCUT2D eigenvalue weighted by molar-refractivity contribution is -0.385. The molecule has 0 radical (unpaired) electrons. The van der Waals surface area contributed by atoms with Crippen LogP contribution in [0.15, 0.2) is 12.1 Å². The number of nitro groups is 1. The number of carbonyl (C=O) groups excluding carboxylic acids is 1. The van der Waals surface area contributed by atoms with Gasteiger partial charge in [-0.15, -0.1) is 0 Å². The minimum atomic E-state index is -0.894. The van der Waals surface area contributed by atoms with Crippen molar-refractivity contribution in [1.82, 2.24) is 5.32 Å². The van der Waals surface area contributed by atoms with Gasteiger partial charge in [0.15, 0.2) is 5.82 Å². The molecule has 19 heavy (non-hydrogen) atoms.